The number of hydrogen-bond donors (Lipinski definition) is 2. The van der Waals surface area contributed by atoms with Crippen LogP contribution >= 0.6 is 0 Å². The maximum Gasteiger partial charge on any atom is 0.416 e. The van der Waals surface area contributed by atoms with Crippen LogP contribution in [0.4, 0.5) is 18.9 Å². The second-order valence-corrected chi connectivity index (χ2v) is 9.75. The number of imidazole rings is 1. The zero-order valence-corrected chi connectivity index (χ0v) is 22.1. The van der Waals surface area contributed by atoms with E-state index in [2.05, 4.69) is 27.1 Å². The van der Waals surface area contributed by atoms with Gasteiger partial charge in [0.05, 0.1) is 23.0 Å². The third-order valence-electron chi connectivity index (χ3n) is 7.02. The number of benzene rings is 2. The van der Waals surface area contributed by atoms with Gasteiger partial charge in [0.2, 0.25) is 0 Å². The maximum atomic E-state index is 13.5. The van der Waals surface area contributed by atoms with Gasteiger partial charge in [-0.05, 0) is 31.3 Å². The summed E-state index contributed by atoms with van der Waals surface area (Å²) >= 11 is 0. The quantitative estimate of drug-likeness (QED) is 0.343. The number of likely N-dealkylation sites (N-methyl/N-ethyl adjacent to an activating group) is 1. The Morgan fingerprint density at radius 1 is 1.07 bits per heavy atom. The van der Waals surface area contributed by atoms with Crippen molar-refractivity contribution in [2.24, 2.45) is 5.73 Å². The number of nitrogens with two attached hydrogens (primary N) is 1. The van der Waals surface area contributed by atoms with Crippen LogP contribution in [-0.2, 0) is 12.8 Å². The topological polar surface area (TPSA) is 88.1 Å². The molecule has 2 aromatic carbocycles. The Labute approximate surface area is 230 Å². The fraction of sp³-hybridized carbons (Fsp3) is 0.310. The number of carbonyl (C=O) groups is 1. The maximum absolute atomic E-state index is 13.5. The molecule has 40 heavy (non-hydrogen) atoms. The van der Waals surface area contributed by atoms with Crippen molar-refractivity contribution in [2.75, 3.05) is 51.2 Å². The number of pyridine rings is 1. The zero-order chi connectivity index (χ0) is 28.3. The van der Waals surface area contributed by atoms with E-state index in [1.807, 2.05) is 22.7 Å². The number of fused-ring (bicyclic) bond motifs is 1. The lowest BCUT2D eigenvalue weighted by Gasteiger charge is -2.34. The Balaban J connectivity index is 1.46. The van der Waals surface area contributed by atoms with E-state index in [0.717, 1.165) is 49.3 Å². The molecule has 0 aliphatic carbocycles. The number of amides is 1. The predicted molar refractivity (Wildman–Crippen MR) is 148 cm³/mol. The number of rotatable bonds is 8. The average Bonchev–Trinajstić information content (AvgIpc) is 3.38. The van der Waals surface area contributed by atoms with E-state index in [9.17, 15) is 18.0 Å². The van der Waals surface area contributed by atoms with Crippen LogP contribution in [0.1, 0.15) is 21.5 Å². The predicted octanol–water partition coefficient (Wildman–Crippen LogP) is 4.04. The first-order valence-corrected chi connectivity index (χ1v) is 13.1. The van der Waals surface area contributed by atoms with Crippen LogP contribution in [0.5, 0.6) is 5.75 Å². The van der Waals surface area contributed by atoms with Crippen LogP contribution in [0.15, 0.2) is 67.0 Å². The second-order valence-electron chi connectivity index (χ2n) is 9.75. The van der Waals surface area contributed by atoms with E-state index in [4.69, 9.17) is 10.5 Å². The van der Waals surface area contributed by atoms with Crippen LogP contribution in [0.2, 0.25) is 0 Å². The smallest absolute Gasteiger partial charge is 0.416 e. The lowest BCUT2D eigenvalue weighted by Crippen LogP contribution is -2.44. The summed E-state index contributed by atoms with van der Waals surface area (Å²) in [5.41, 5.74) is 8.24. The SMILES string of the molecule is CN1CCN(c2ccn3c(-c4ccc(C(=O)NCCN)c(OCc5ccccc5C(F)(F)F)c4)cnc3c2)CC1. The number of aromatic nitrogens is 2. The molecule has 4 aromatic rings. The Morgan fingerprint density at radius 3 is 2.60 bits per heavy atom. The van der Waals surface area contributed by atoms with Crippen LogP contribution in [0, 0.1) is 0 Å². The molecule has 2 aromatic heterocycles. The van der Waals surface area contributed by atoms with Crippen molar-refractivity contribution in [3.63, 3.8) is 0 Å². The number of hydrogen-bond acceptors (Lipinski definition) is 6. The van der Waals surface area contributed by atoms with Crippen molar-refractivity contribution >= 4 is 17.2 Å². The van der Waals surface area contributed by atoms with Gasteiger partial charge in [0.15, 0.2) is 0 Å². The molecular formula is C29H31F3N6O2. The molecule has 1 fully saturated rings. The Kier molecular flexibility index (Phi) is 7.95. The molecule has 0 spiro atoms. The summed E-state index contributed by atoms with van der Waals surface area (Å²) in [6, 6.07) is 14.3. The number of ether oxygens (including phenoxy) is 1. The van der Waals surface area contributed by atoms with Crippen LogP contribution in [0.3, 0.4) is 0 Å². The molecule has 8 nitrogen and oxygen atoms in total. The summed E-state index contributed by atoms with van der Waals surface area (Å²) in [7, 11) is 2.11. The molecule has 0 radical (unpaired) electrons. The molecule has 1 saturated heterocycles. The minimum Gasteiger partial charge on any atom is -0.488 e. The molecule has 1 aliphatic heterocycles. The van der Waals surface area contributed by atoms with Gasteiger partial charge in [0.1, 0.15) is 18.0 Å². The number of alkyl halides is 3. The molecule has 3 heterocycles. The average molecular weight is 553 g/mol. The molecule has 3 N–H and O–H groups in total. The second kappa shape index (κ2) is 11.6. The van der Waals surface area contributed by atoms with E-state index in [1.54, 1.807) is 24.4 Å². The van der Waals surface area contributed by atoms with Crippen molar-refractivity contribution in [1.82, 2.24) is 19.6 Å². The van der Waals surface area contributed by atoms with Gasteiger partial charge in [-0.1, -0.05) is 24.3 Å². The highest BCUT2D eigenvalue weighted by Gasteiger charge is 2.33. The molecule has 1 amide bonds. The number of carbonyl (C=O) groups excluding carboxylic acids is 1. The highest BCUT2D eigenvalue weighted by Crippen LogP contribution is 2.34. The minimum atomic E-state index is -4.53. The molecular weight excluding hydrogens is 521 g/mol. The summed E-state index contributed by atoms with van der Waals surface area (Å²) in [6.45, 7) is 3.99. The standard InChI is InChI=1S/C29H31F3N6O2/c1-36-12-14-37(15-13-36)22-8-11-38-25(18-35-27(38)17-22)20-6-7-23(28(39)34-10-9-33)26(16-20)40-19-21-4-2-3-5-24(21)29(30,31)32/h2-8,11,16-18H,9-10,12-15,19,33H2,1H3,(H,34,39). The van der Waals surface area contributed by atoms with Gasteiger partial charge >= 0.3 is 6.18 Å². The van der Waals surface area contributed by atoms with Gasteiger partial charge in [-0.15, -0.1) is 0 Å². The Hall–Kier alpha value is -4.09. The molecule has 0 bridgehead atoms. The zero-order valence-electron chi connectivity index (χ0n) is 22.1. The van der Waals surface area contributed by atoms with Crippen molar-refractivity contribution < 1.29 is 22.7 Å². The Bertz CT molecular complexity index is 1490. The van der Waals surface area contributed by atoms with Crippen LogP contribution in [-0.4, -0.2) is 66.5 Å². The molecule has 210 valence electrons. The first kappa shape index (κ1) is 27.5. The van der Waals surface area contributed by atoms with Crippen molar-refractivity contribution in [1.29, 1.82) is 0 Å². The third-order valence-corrected chi connectivity index (χ3v) is 7.02. The first-order valence-electron chi connectivity index (χ1n) is 13.1. The number of nitrogens with one attached hydrogen (secondary N) is 1. The molecule has 0 atom stereocenters. The van der Waals surface area contributed by atoms with Gasteiger partial charge in [-0.25, -0.2) is 4.98 Å². The van der Waals surface area contributed by atoms with Gasteiger partial charge in [-0.2, -0.15) is 13.2 Å². The van der Waals surface area contributed by atoms with Crippen molar-refractivity contribution in [3.05, 3.63) is 83.7 Å². The minimum absolute atomic E-state index is 0.0278. The van der Waals surface area contributed by atoms with Crippen molar-refractivity contribution in [2.45, 2.75) is 12.8 Å². The Morgan fingerprint density at radius 2 is 1.85 bits per heavy atom. The van der Waals surface area contributed by atoms with Gasteiger partial charge in [0.25, 0.3) is 5.91 Å². The third kappa shape index (κ3) is 5.90. The van der Waals surface area contributed by atoms with Crippen LogP contribution < -0.4 is 20.7 Å². The molecule has 11 heteroatoms. The summed E-state index contributed by atoms with van der Waals surface area (Å²) in [4.78, 5) is 22.0. The first-order chi connectivity index (χ1) is 19.2. The van der Waals surface area contributed by atoms with E-state index < -0.39 is 17.6 Å². The lowest BCUT2D eigenvalue weighted by molar-refractivity contribution is -0.138. The number of anilines is 1. The molecule has 1 aliphatic rings. The summed E-state index contributed by atoms with van der Waals surface area (Å²) < 4.78 is 48.4. The molecule has 5 rings (SSSR count). The molecule has 0 saturated carbocycles. The van der Waals surface area contributed by atoms with Gasteiger partial charge in [0, 0.05) is 68.3 Å². The number of nitrogens with zero attached hydrogens (tertiary/aromatic N) is 4. The van der Waals surface area contributed by atoms with Gasteiger partial charge < -0.3 is 25.6 Å². The largest absolute Gasteiger partial charge is 0.488 e. The highest BCUT2D eigenvalue weighted by atomic mass is 19.4. The van der Waals surface area contributed by atoms with Crippen LogP contribution in [0.25, 0.3) is 16.9 Å². The normalized spacial score (nSPS) is 14.5. The summed E-state index contributed by atoms with van der Waals surface area (Å²) in [5.74, 6) is -0.265. The highest BCUT2D eigenvalue weighted by molar-refractivity contribution is 5.97. The van der Waals surface area contributed by atoms with E-state index >= 15 is 0 Å². The van der Waals surface area contributed by atoms with Gasteiger partial charge in [-0.3, -0.25) is 9.20 Å². The van der Waals surface area contributed by atoms with E-state index in [-0.39, 0.29) is 36.6 Å². The van der Waals surface area contributed by atoms with E-state index in [1.165, 1.54) is 18.2 Å². The number of piperazine rings is 1. The number of halogens is 3. The summed E-state index contributed by atoms with van der Waals surface area (Å²) in [6.07, 6.45) is -0.842. The lowest BCUT2D eigenvalue weighted by atomic mass is 10.1. The fourth-order valence-electron chi connectivity index (χ4n) is 4.79. The molecule has 0 unspecified atom stereocenters. The van der Waals surface area contributed by atoms with Crippen molar-refractivity contribution in [3.8, 4) is 17.0 Å². The monoisotopic (exact) mass is 552 g/mol. The summed E-state index contributed by atoms with van der Waals surface area (Å²) in [5, 5.41) is 2.70. The fourth-order valence-corrected chi connectivity index (χ4v) is 4.79. The van der Waals surface area contributed by atoms with E-state index in [0.29, 0.717) is 5.56 Å².